The van der Waals surface area contributed by atoms with Crippen LogP contribution < -0.4 is 0 Å². The lowest BCUT2D eigenvalue weighted by atomic mass is 9.46. The molecule has 3 unspecified atom stereocenters. The molecule has 4 rings (SSSR count). The van der Waals surface area contributed by atoms with E-state index in [1.807, 2.05) is 6.92 Å². The summed E-state index contributed by atoms with van der Waals surface area (Å²) in [6, 6.07) is 0. The van der Waals surface area contributed by atoms with Gasteiger partial charge in [0, 0.05) is 6.42 Å². The number of carbonyl (C=O) groups excluding carboxylic acids is 1. The van der Waals surface area contributed by atoms with Crippen molar-refractivity contribution in [2.24, 2.45) is 40.4 Å². The van der Waals surface area contributed by atoms with Gasteiger partial charge in [0.05, 0.1) is 5.60 Å². The molecule has 0 radical (unpaired) electrons. The van der Waals surface area contributed by atoms with Crippen LogP contribution in [0.3, 0.4) is 0 Å². The van der Waals surface area contributed by atoms with E-state index < -0.39 is 17.6 Å². The third kappa shape index (κ3) is 3.75. The van der Waals surface area contributed by atoms with Gasteiger partial charge < -0.3 is 5.11 Å². The largest absolute Gasteiger partial charge is 0.449 e. The first-order valence-corrected chi connectivity index (χ1v) is 12.2. The van der Waals surface area contributed by atoms with Crippen molar-refractivity contribution in [1.82, 2.24) is 0 Å². The van der Waals surface area contributed by atoms with Crippen LogP contribution in [0.1, 0.15) is 97.8 Å². The lowest BCUT2D eigenvalue weighted by Crippen LogP contribution is -2.52. The molecule has 4 saturated carbocycles. The number of alkyl halides is 3. The molecule has 4 aliphatic carbocycles. The summed E-state index contributed by atoms with van der Waals surface area (Å²) in [7, 11) is 0. The lowest BCUT2D eigenvalue weighted by Gasteiger charge is -2.59. The van der Waals surface area contributed by atoms with Crippen molar-refractivity contribution in [3.8, 4) is 0 Å². The van der Waals surface area contributed by atoms with E-state index in [4.69, 9.17) is 0 Å². The van der Waals surface area contributed by atoms with Crippen LogP contribution in [0.4, 0.5) is 13.2 Å². The Morgan fingerprint density at radius 2 is 1.63 bits per heavy atom. The van der Waals surface area contributed by atoms with Crippen LogP contribution in [-0.2, 0) is 4.79 Å². The molecule has 4 aliphatic rings. The monoisotopic (exact) mass is 428 g/mol. The minimum atomic E-state index is -4.69. The van der Waals surface area contributed by atoms with Gasteiger partial charge in [0.1, 0.15) is 0 Å². The average Bonchev–Trinajstić information content (AvgIpc) is 2.90. The highest BCUT2D eigenvalue weighted by Crippen LogP contribution is 2.68. The number of rotatable bonds is 3. The number of aliphatic hydroxyl groups is 1. The number of Topliss-reactive ketones (excluding diaryl/α,β-unsaturated/α-hetero) is 1. The maximum atomic E-state index is 12.7. The quantitative estimate of drug-likeness (QED) is 0.543. The molecule has 0 aliphatic heterocycles. The first-order valence-electron chi connectivity index (χ1n) is 12.2. The summed E-state index contributed by atoms with van der Waals surface area (Å²) < 4.78 is 38.1. The summed E-state index contributed by atoms with van der Waals surface area (Å²) in [6.45, 7) is 6.80. The Morgan fingerprint density at radius 3 is 2.33 bits per heavy atom. The van der Waals surface area contributed by atoms with Crippen LogP contribution in [0, 0.1) is 40.4 Å². The van der Waals surface area contributed by atoms with Gasteiger partial charge in [-0.05, 0) is 112 Å². The normalized spacial score (nSPS) is 49.0. The van der Waals surface area contributed by atoms with E-state index in [9.17, 15) is 23.1 Å². The SMILES string of the molecule is C[C@]1(O)CCC[C@]2(C)C3CC[C@@]4(C)C(CC[C@@H]4CCC(=O)C(F)(F)F)C3CC[C@H]2C1. The van der Waals surface area contributed by atoms with Crippen LogP contribution in [0.2, 0.25) is 0 Å². The van der Waals surface area contributed by atoms with Gasteiger partial charge in [-0.15, -0.1) is 0 Å². The number of hydrogen-bond donors (Lipinski definition) is 1. The van der Waals surface area contributed by atoms with E-state index in [0.717, 1.165) is 44.9 Å². The Hall–Kier alpha value is -0.580. The van der Waals surface area contributed by atoms with E-state index in [0.29, 0.717) is 30.1 Å². The molecular formula is C25H39F3O2. The Labute approximate surface area is 179 Å². The highest BCUT2D eigenvalue weighted by atomic mass is 19.4. The van der Waals surface area contributed by atoms with Crippen LogP contribution in [0.25, 0.3) is 0 Å². The standard InChI is InChI=1S/C25H39F3O2/c1-22(30)12-4-13-23(2)17(15-22)5-8-18-19-9-6-16(7-10-21(29)25(26,27)28)24(19,3)14-11-20(18)23/h16-20,30H,4-15H2,1-3H3/t16-,17+,18?,19?,20?,22+,23+,24-/m1/s1. The van der Waals surface area contributed by atoms with Crippen molar-refractivity contribution in [3.63, 3.8) is 0 Å². The Bertz CT molecular complexity index is 672. The van der Waals surface area contributed by atoms with Gasteiger partial charge in [-0.1, -0.05) is 20.3 Å². The molecule has 0 heterocycles. The van der Waals surface area contributed by atoms with Crippen LogP contribution in [-0.4, -0.2) is 22.7 Å². The predicted molar refractivity (Wildman–Crippen MR) is 111 cm³/mol. The number of hydrogen-bond acceptors (Lipinski definition) is 2. The van der Waals surface area contributed by atoms with Crippen LogP contribution in [0.5, 0.6) is 0 Å². The second-order valence-corrected chi connectivity index (χ2v) is 12.0. The molecule has 0 aromatic rings. The zero-order chi connectivity index (χ0) is 21.9. The number of fused-ring (bicyclic) bond motifs is 5. The van der Waals surface area contributed by atoms with E-state index >= 15 is 0 Å². The molecule has 0 aromatic heterocycles. The Morgan fingerprint density at radius 1 is 0.933 bits per heavy atom. The maximum absolute atomic E-state index is 12.7. The van der Waals surface area contributed by atoms with Gasteiger partial charge in [-0.2, -0.15) is 13.2 Å². The van der Waals surface area contributed by atoms with Crippen molar-refractivity contribution >= 4 is 5.78 Å². The fourth-order valence-corrected chi connectivity index (χ4v) is 8.77. The van der Waals surface area contributed by atoms with Gasteiger partial charge in [-0.3, -0.25) is 4.79 Å². The first-order chi connectivity index (χ1) is 13.9. The predicted octanol–water partition coefficient (Wildman–Crippen LogP) is 6.70. The van der Waals surface area contributed by atoms with E-state index in [-0.39, 0.29) is 23.2 Å². The molecular weight excluding hydrogens is 389 g/mol. The molecule has 0 aromatic carbocycles. The molecule has 1 N–H and O–H groups in total. The van der Waals surface area contributed by atoms with Crippen molar-refractivity contribution < 1.29 is 23.1 Å². The molecule has 8 atom stereocenters. The van der Waals surface area contributed by atoms with E-state index in [2.05, 4.69) is 13.8 Å². The topological polar surface area (TPSA) is 37.3 Å². The second-order valence-electron chi connectivity index (χ2n) is 12.0. The van der Waals surface area contributed by atoms with Crippen molar-refractivity contribution in [1.29, 1.82) is 0 Å². The van der Waals surface area contributed by atoms with Gasteiger partial charge >= 0.3 is 6.18 Å². The highest BCUT2D eigenvalue weighted by Gasteiger charge is 2.60. The fourth-order valence-electron chi connectivity index (χ4n) is 8.77. The fraction of sp³-hybridized carbons (Fsp3) is 0.960. The average molecular weight is 429 g/mol. The van der Waals surface area contributed by atoms with Crippen molar-refractivity contribution in [2.75, 3.05) is 0 Å². The minimum absolute atomic E-state index is 0.0897. The summed E-state index contributed by atoms with van der Waals surface area (Å²) in [5.41, 5.74) is -0.163. The molecule has 5 heteroatoms. The molecule has 0 spiro atoms. The summed E-state index contributed by atoms with van der Waals surface area (Å²) in [6.07, 6.45) is 6.17. The van der Waals surface area contributed by atoms with Gasteiger partial charge in [0.2, 0.25) is 5.78 Å². The summed E-state index contributed by atoms with van der Waals surface area (Å²) >= 11 is 0. The molecule has 30 heavy (non-hydrogen) atoms. The van der Waals surface area contributed by atoms with Gasteiger partial charge in [0.25, 0.3) is 0 Å². The number of halogens is 3. The summed E-state index contributed by atoms with van der Waals surface area (Å²) in [5.74, 6) is 1.21. The number of carbonyl (C=O) groups is 1. The minimum Gasteiger partial charge on any atom is -0.390 e. The maximum Gasteiger partial charge on any atom is 0.449 e. The molecule has 172 valence electrons. The van der Waals surface area contributed by atoms with Crippen LogP contribution >= 0.6 is 0 Å². The van der Waals surface area contributed by atoms with Gasteiger partial charge in [-0.25, -0.2) is 0 Å². The first kappa shape index (κ1) is 22.6. The molecule has 2 nitrogen and oxygen atoms in total. The van der Waals surface area contributed by atoms with E-state index in [1.165, 1.54) is 19.3 Å². The zero-order valence-electron chi connectivity index (χ0n) is 18.9. The smallest absolute Gasteiger partial charge is 0.390 e. The third-order valence-corrected chi connectivity index (χ3v) is 10.4. The number of ketones is 1. The second kappa shape index (κ2) is 7.49. The van der Waals surface area contributed by atoms with Crippen molar-refractivity contribution in [2.45, 2.75) is 110 Å². The molecule has 0 saturated heterocycles. The summed E-state index contributed by atoms with van der Waals surface area (Å²) in [5, 5.41) is 10.8. The van der Waals surface area contributed by atoms with Crippen molar-refractivity contribution in [3.05, 3.63) is 0 Å². The lowest BCUT2D eigenvalue weighted by molar-refractivity contribution is -0.171. The van der Waals surface area contributed by atoms with E-state index in [1.54, 1.807) is 0 Å². The van der Waals surface area contributed by atoms with Gasteiger partial charge in [0.15, 0.2) is 0 Å². The third-order valence-electron chi connectivity index (χ3n) is 10.4. The Kier molecular flexibility index (Phi) is 5.64. The summed E-state index contributed by atoms with van der Waals surface area (Å²) in [4.78, 5) is 11.5. The molecule has 0 bridgehead atoms. The molecule has 0 amide bonds. The Balaban J connectivity index is 1.49. The zero-order valence-corrected chi connectivity index (χ0v) is 18.9. The highest BCUT2D eigenvalue weighted by molar-refractivity contribution is 5.83. The molecule has 4 fully saturated rings. The van der Waals surface area contributed by atoms with Crippen LogP contribution in [0.15, 0.2) is 0 Å².